The summed E-state index contributed by atoms with van der Waals surface area (Å²) in [4.78, 5) is 0. The van der Waals surface area contributed by atoms with E-state index >= 15 is 0 Å². The Bertz CT molecular complexity index is 413. The van der Waals surface area contributed by atoms with Crippen LogP contribution in [0.3, 0.4) is 0 Å². The first-order valence-corrected chi connectivity index (χ1v) is 6.68. The molecule has 4 nitrogen and oxygen atoms in total. The molecule has 0 aliphatic rings. The van der Waals surface area contributed by atoms with Gasteiger partial charge in [0.1, 0.15) is 0 Å². The van der Waals surface area contributed by atoms with Crippen molar-refractivity contribution in [3.8, 4) is 0 Å². The molecule has 0 aliphatic heterocycles. The number of hydrogen-bond donors (Lipinski definition) is 2. The zero-order valence-electron chi connectivity index (χ0n) is 11.8. The number of hydrogen-bond acceptors (Lipinski definition) is 4. The van der Waals surface area contributed by atoms with E-state index in [0.29, 0.717) is 25.5 Å². The van der Waals surface area contributed by atoms with Crippen LogP contribution in [0.25, 0.3) is 0 Å². The van der Waals surface area contributed by atoms with Gasteiger partial charge in [-0.05, 0) is 25.1 Å². The molecule has 21 heavy (non-hydrogen) atoms. The predicted octanol–water partition coefficient (Wildman–Crippen LogP) is 2.53. The molecule has 2 N–H and O–H groups in total. The lowest BCUT2D eigenvalue weighted by molar-refractivity contribution is -0.137. The second kappa shape index (κ2) is 8.86. The fraction of sp³-hybridized carbons (Fsp3) is 0.571. The van der Waals surface area contributed by atoms with E-state index < -0.39 is 17.8 Å². The molecule has 0 bridgehead atoms. The van der Waals surface area contributed by atoms with Gasteiger partial charge in [-0.2, -0.15) is 13.2 Å². The van der Waals surface area contributed by atoms with Crippen molar-refractivity contribution in [2.24, 2.45) is 0 Å². The Kier molecular flexibility index (Phi) is 7.49. The molecule has 0 aromatic heterocycles. The zero-order valence-corrected chi connectivity index (χ0v) is 11.8. The van der Waals surface area contributed by atoms with Crippen molar-refractivity contribution in [2.45, 2.75) is 19.2 Å². The highest BCUT2D eigenvalue weighted by Gasteiger charge is 2.30. The van der Waals surface area contributed by atoms with Gasteiger partial charge in [-0.25, -0.2) is 0 Å². The SMILES string of the molecule is CCOCCOCC(O)CNc1cccc(C(F)(F)F)c1. The molecule has 1 rings (SSSR count). The second-order valence-electron chi connectivity index (χ2n) is 4.39. The van der Waals surface area contributed by atoms with E-state index in [1.165, 1.54) is 12.1 Å². The van der Waals surface area contributed by atoms with E-state index in [-0.39, 0.29) is 13.2 Å². The van der Waals surface area contributed by atoms with Crippen LogP contribution in [0, 0.1) is 0 Å². The fourth-order valence-corrected chi connectivity index (χ4v) is 1.58. The van der Waals surface area contributed by atoms with Gasteiger partial charge in [-0.1, -0.05) is 6.07 Å². The average molecular weight is 307 g/mol. The molecule has 7 heteroatoms. The van der Waals surface area contributed by atoms with Crippen molar-refractivity contribution >= 4 is 5.69 Å². The van der Waals surface area contributed by atoms with Gasteiger partial charge >= 0.3 is 6.18 Å². The Morgan fingerprint density at radius 2 is 1.95 bits per heavy atom. The van der Waals surface area contributed by atoms with Crippen LogP contribution in [0.5, 0.6) is 0 Å². The number of halogens is 3. The van der Waals surface area contributed by atoms with E-state index in [1.807, 2.05) is 6.92 Å². The number of aliphatic hydroxyl groups excluding tert-OH is 1. The molecule has 1 aromatic carbocycles. The number of rotatable bonds is 9. The first-order valence-electron chi connectivity index (χ1n) is 6.68. The standard InChI is InChI=1S/C14H20F3NO3/c1-2-20-6-7-21-10-13(19)9-18-12-5-3-4-11(8-12)14(15,16)17/h3-5,8,13,18-19H,2,6-7,9-10H2,1H3. The number of nitrogens with one attached hydrogen (secondary N) is 1. The third-order valence-corrected chi connectivity index (χ3v) is 2.62. The van der Waals surface area contributed by atoms with Gasteiger partial charge < -0.3 is 19.9 Å². The Labute approximate surface area is 121 Å². The van der Waals surface area contributed by atoms with E-state index in [0.717, 1.165) is 12.1 Å². The van der Waals surface area contributed by atoms with Crippen molar-refractivity contribution in [1.29, 1.82) is 0 Å². The van der Waals surface area contributed by atoms with Gasteiger partial charge in [0.05, 0.1) is 31.5 Å². The topological polar surface area (TPSA) is 50.7 Å². The third kappa shape index (κ3) is 7.31. The quantitative estimate of drug-likeness (QED) is 0.688. The van der Waals surface area contributed by atoms with Crippen molar-refractivity contribution in [2.75, 3.05) is 38.3 Å². The lowest BCUT2D eigenvalue weighted by Gasteiger charge is -2.14. The molecular weight excluding hydrogens is 287 g/mol. The van der Waals surface area contributed by atoms with Crippen LogP contribution >= 0.6 is 0 Å². The summed E-state index contributed by atoms with van der Waals surface area (Å²) in [6.45, 7) is 3.49. The number of benzene rings is 1. The maximum absolute atomic E-state index is 12.5. The van der Waals surface area contributed by atoms with Crippen LogP contribution in [0.4, 0.5) is 18.9 Å². The molecule has 0 amide bonds. The minimum absolute atomic E-state index is 0.0963. The Morgan fingerprint density at radius 1 is 1.24 bits per heavy atom. The summed E-state index contributed by atoms with van der Waals surface area (Å²) in [5.41, 5.74) is -0.423. The summed E-state index contributed by atoms with van der Waals surface area (Å²) in [6.07, 6.45) is -5.18. The summed E-state index contributed by atoms with van der Waals surface area (Å²) >= 11 is 0. The van der Waals surface area contributed by atoms with Crippen LogP contribution < -0.4 is 5.32 Å². The highest BCUT2D eigenvalue weighted by atomic mass is 19.4. The largest absolute Gasteiger partial charge is 0.416 e. The predicted molar refractivity (Wildman–Crippen MR) is 73.3 cm³/mol. The van der Waals surface area contributed by atoms with Gasteiger partial charge in [0, 0.05) is 18.8 Å². The van der Waals surface area contributed by atoms with Gasteiger partial charge in [-0.15, -0.1) is 0 Å². The van der Waals surface area contributed by atoms with Crippen LogP contribution in [-0.4, -0.2) is 44.2 Å². The lowest BCUT2D eigenvalue weighted by atomic mass is 10.2. The molecule has 0 saturated heterocycles. The number of aliphatic hydroxyl groups is 1. The van der Waals surface area contributed by atoms with E-state index in [4.69, 9.17) is 9.47 Å². The Hall–Kier alpha value is -1.31. The summed E-state index contributed by atoms with van der Waals surface area (Å²) in [5, 5.41) is 12.4. The van der Waals surface area contributed by atoms with Crippen molar-refractivity contribution in [3.05, 3.63) is 29.8 Å². The zero-order chi connectivity index (χ0) is 15.7. The van der Waals surface area contributed by atoms with Crippen LogP contribution in [0.15, 0.2) is 24.3 Å². The van der Waals surface area contributed by atoms with Gasteiger partial charge in [-0.3, -0.25) is 0 Å². The highest BCUT2D eigenvalue weighted by molar-refractivity contribution is 5.46. The average Bonchev–Trinajstić information content (AvgIpc) is 2.44. The lowest BCUT2D eigenvalue weighted by Crippen LogP contribution is -2.25. The van der Waals surface area contributed by atoms with Gasteiger partial charge in [0.15, 0.2) is 0 Å². The molecule has 1 unspecified atom stereocenters. The molecule has 0 fully saturated rings. The second-order valence-corrected chi connectivity index (χ2v) is 4.39. The minimum Gasteiger partial charge on any atom is -0.389 e. The molecule has 1 atom stereocenters. The summed E-state index contributed by atoms with van der Waals surface area (Å²) < 4.78 is 47.8. The maximum atomic E-state index is 12.5. The molecule has 120 valence electrons. The molecule has 0 radical (unpaired) electrons. The van der Waals surface area contributed by atoms with Crippen molar-refractivity contribution in [1.82, 2.24) is 0 Å². The Balaban J connectivity index is 2.31. The highest BCUT2D eigenvalue weighted by Crippen LogP contribution is 2.30. The van der Waals surface area contributed by atoms with Gasteiger partial charge in [0.25, 0.3) is 0 Å². The first-order chi connectivity index (χ1) is 9.93. The van der Waals surface area contributed by atoms with Crippen LogP contribution in [-0.2, 0) is 15.7 Å². The fourth-order valence-electron chi connectivity index (χ4n) is 1.58. The van der Waals surface area contributed by atoms with Crippen molar-refractivity contribution < 1.29 is 27.8 Å². The molecule has 1 aromatic rings. The normalized spacial score (nSPS) is 13.2. The summed E-state index contributed by atoms with van der Waals surface area (Å²) in [5.74, 6) is 0. The molecule has 0 spiro atoms. The maximum Gasteiger partial charge on any atom is 0.416 e. The van der Waals surface area contributed by atoms with Crippen LogP contribution in [0.1, 0.15) is 12.5 Å². The smallest absolute Gasteiger partial charge is 0.389 e. The van der Waals surface area contributed by atoms with E-state index in [1.54, 1.807) is 0 Å². The van der Waals surface area contributed by atoms with E-state index in [2.05, 4.69) is 5.32 Å². The molecule has 0 heterocycles. The monoisotopic (exact) mass is 307 g/mol. The summed E-state index contributed by atoms with van der Waals surface area (Å²) in [7, 11) is 0. The molecule has 0 saturated carbocycles. The number of ether oxygens (including phenoxy) is 2. The third-order valence-electron chi connectivity index (χ3n) is 2.62. The Morgan fingerprint density at radius 3 is 2.62 bits per heavy atom. The number of alkyl halides is 3. The summed E-state index contributed by atoms with van der Waals surface area (Å²) in [6, 6.07) is 4.83. The molecule has 0 aliphatic carbocycles. The molecular formula is C14H20F3NO3. The van der Waals surface area contributed by atoms with Crippen molar-refractivity contribution in [3.63, 3.8) is 0 Å². The minimum atomic E-state index is -4.38. The first kappa shape index (κ1) is 17.7. The van der Waals surface area contributed by atoms with Crippen LogP contribution in [0.2, 0.25) is 0 Å². The van der Waals surface area contributed by atoms with E-state index in [9.17, 15) is 18.3 Å². The van der Waals surface area contributed by atoms with Gasteiger partial charge in [0.2, 0.25) is 0 Å². The number of anilines is 1.